The summed E-state index contributed by atoms with van der Waals surface area (Å²) in [7, 11) is -3.09. The van der Waals surface area contributed by atoms with Crippen LogP contribution in [0, 0.1) is 6.92 Å². The maximum Gasteiger partial charge on any atom is 0.157 e. The minimum atomic E-state index is -3.09. The largest absolute Gasteiger partial charge is 0.330 e. The van der Waals surface area contributed by atoms with Crippen LogP contribution in [-0.4, -0.2) is 20.2 Å². The highest BCUT2D eigenvalue weighted by Crippen LogP contribution is 2.18. The van der Waals surface area contributed by atoms with Crippen LogP contribution in [0.25, 0.3) is 0 Å². The first-order valence-electron chi connectivity index (χ1n) is 5.97. The summed E-state index contributed by atoms with van der Waals surface area (Å²) in [6, 6.07) is 7.61. The Morgan fingerprint density at radius 3 is 2.47 bits per heavy atom. The van der Waals surface area contributed by atoms with Crippen molar-refractivity contribution in [3.05, 3.63) is 35.4 Å². The number of aryl methyl sites for hydroxylation is 1. The fourth-order valence-corrected chi connectivity index (χ4v) is 3.93. The van der Waals surface area contributed by atoms with Crippen LogP contribution in [0.15, 0.2) is 24.3 Å². The molecule has 96 valence electrons. The van der Waals surface area contributed by atoms with Gasteiger partial charge in [-0.05, 0) is 37.4 Å². The van der Waals surface area contributed by atoms with Crippen LogP contribution in [0.3, 0.4) is 0 Å². The van der Waals surface area contributed by atoms with Gasteiger partial charge in [0, 0.05) is 0 Å². The average molecular weight is 255 g/mol. The van der Waals surface area contributed by atoms with Gasteiger partial charge in [-0.1, -0.05) is 31.2 Å². The highest BCUT2D eigenvalue weighted by molar-refractivity contribution is 7.91. The molecule has 0 saturated carbocycles. The Hall–Kier alpha value is -0.870. The maximum atomic E-state index is 12.2. The Morgan fingerprint density at radius 2 is 1.94 bits per heavy atom. The van der Waals surface area contributed by atoms with E-state index in [1.54, 1.807) is 0 Å². The van der Waals surface area contributed by atoms with Crippen LogP contribution in [0.5, 0.6) is 0 Å². The lowest BCUT2D eigenvalue weighted by Gasteiger charge is -2.15. The Labute approximate surface area is 104 Å². The quantitative estimate of drug-likeness (QED) is 0.846. The normalized spacial score (nSPS) is 13.6. The Bertz CT molecular complexity index is 454. The Kier molecular flexibility index (Phi) is 5.15. The van der Waals surface area contributed by atoms with Crippen LogP contribution in [0.2, 0.25) is 0 Å². The molecule has 4 heteroatoms. The Morgan fingerprint density at radius 1 is 1.29 bits per heavy atom. The van der Waals surface area contributed by atoms with Crippen LogP contribution in [0.4, 0.5) is 0 Å². The summed E-state index contributed by atoms with van der Waals surface area (Å²) < 4.78 is 24.4. The van der Waals surface area contributed by atoms with Crippen LogP contribution >= 0.6 is 0 Å². The van der Waals surface area contributed by atoms with Gasteiger partial charge >= 0.3 is 0 Å². The van der Waals surface area contributed by atoms with Crippen molar-refractivity contribution in [2.75, 3.05) is 6.54 Å². The minimum Gasteiger partial charge on any atom is -0.330 e. The third-order valence-electron chi connectivity index (χ3n) is 3.07. The second-order valence-corrected chi connectivity index (χ2v) is 6.62. The van der Waals surface area contributed by atoms with Crippen LogP contribution in [-0.2, 0) is 15.6 Å². The molecule has 0 aliphatic heterocycles. The Balaban J connectivity index is 2.89. The molecule has 0 amide bonds. The molecule has 0 fully saturated rings. The molecule has 1 rings (SSSR count). The van der Waals surface area contributed by atoms with Gasteiger partial charge in [0.1, 0.15) is 0 Å². The van der Waals surface area contributed by atoms with E-state index in [-0.39, 0.29) is 11.0 Å². The summed E-state index contributed by atoms with van der Waals surface area (Å²) in [5.74, 6) is 0.123. The van der Waals surface area contributed by atoms with Crippen LogP contribution in [0.1, 0.15) is 30.9 Å². The van der Waals surface area contributed by atoms with Gasteiger partial charge in [-0.2, -0.15) is 0 Å². The van der Waals surface area contributed by atoms with Gasteiger partial charge in [-0.3, -0.25) is 0 Å². The number of hydrogen-bond acceptors (Lipinski definition) is 3. The molecule has 0 aliphatic rings. The fourth-order valence-electron chi connectivity index (χ4n) is 1.93. The first-order chi connectivity index (χ1) is 8.01. The topological polar surface area (TPSA) is 60.2 Å². The summed E-state index contributed by atoms with van der Waals surface area (Å²) in [5.41, 5.74) is 7.38. The molecule has 0 aromatic heterocycles. The molecule has 0 spiro atoms. The molecular formula is C13H21NO2S. The summed E-state index contributed by atoms with van der Waals surface area (Å²) in [6.45, 7) is 4.26. The van der Waals surface area contributed by atoms with Crippen molar-refractivity contribution in [1.82, 2.24) is 0 Å². The lowest BCUT2D eigenvalue weighted by molar-refractivity contribution is 0.566. The second-order valence-electron chi connectivity index (χ2n) is 4.34. The minimum absolute atomic E-state index is 0.123. The highest BCUT2D eigenvalue weighted by atomic mass is 32.2. The van der Waals surface area contributed by atoms with Gasteiger partial charge in [0.05, 0.1) is 11.0 Å². The first-order valence-corrected chi connectivity index (χ1v) is 7.69. The molecule has 1 aromatic rings. The van der Waals surface area contributed by atoms with Crippen molar-refractivity contribution in [1.29, 1.82) is 0 Å². The zero-order valence-corrected chi connectivity index (χ0v) is 11.3. The third kappa shape index (κ3) is 3.82. The van der Waals surface area contributed by atoms with E-state index in [1.807, 2.05) is 38.1 Å². The van der Waals surface area contributed by atoms with E-state index in [0.29, 0.717) is 19.4 Å². The number of sulfone groups is 1. The average Bonchev–Trinajstić information content (AvgIpc) is 2.28. The van der Waals surface area contributed by atoms with Gasteiger partial charge in [0.15, 0.2) is 9.84 Å². The monoisotopic (exact) mass is 255 g/mol. The van der Waals surface area contributed by atoms with Gasteiger partial charge in [0.2, 0.25) is 0 Å². The molecule has 1 unspecified atom stereocenters. The number of hydrogen-bond donors (Lipinski definition) is 1. The van der Waals surface area contributed by atoms with Gasteiger partial charge in [-0.25, -0.2) is 8.42 Å². The smallest absolute Gasteiger partial charge is 0.157 e. The zero-order chi connectivity index (χ0) is 12.9. The lowest BCUT2D eigenvalue weighted by Crippen LogP contribution is -2.25. The van der Waals surface area contributed by atoms with Crippen molar-refractivity contribution < 1.29 is 8.42 Å². The molecule has 3 nitrogen and oxygen atoms in total. The third-order valence-corrected chi connectivity index (χ3v) is 5.37. The molecule has 1 atom stereocenters. The molecule has 0 heterocycles. The predicted molar refractivity (Wildman–Crippen MR) is 71.6 cm³/mol. The van der Waals surface area contributed by atoms with E-state index in [9.17, 15) is 8.42 Å². The molecule has 1 aromatic carbocycles. The number of nitrogens with two attached hydrogens (primary N) is 1. The fraction of sp³-hybridized carbons (Fsp3) is 0.538. The van der Waals surface area contributed by atoms with Gasteiger partial charge in [0.25, 0.3) is 0 Å². The second kappa shape index (κ2) is 6.17. The van der Waals surface area contributed by atoms with Crippen molar-refractivity contribution in [3.63, 3.8) is 0 Å². The molecule has 0 bridgehead atoms. The summed E-state index contributed by atoms with van der Waals surface area (Å²) in [6.07, 6.45) is 1.18. The van der Waals surface area contributed by atoms with E-state index in [0.717, 1.165) is 11.1 Å². The van der Waals surface area contributed by atoms with E-state index < -0.39 is 9.84 Å². The standard InChI is InChI=1S/C13H21NO2S/c1-3-13(8-9-14)17(15,16)10-12-7-5-4-6-11(12)2/h4-7,13H,3,8-10,14H2,1-2H3. The van der Waals surface area contributed by atoms with Crippen molar-refractivity contribution in [3.8, 4) is 0 Å². The zero-order valence-electron chi connectivity index (χ0n) is 10.5. The van der Waals surface area contributed by atoms with E-state index in [2.05, 4.69) is 0 Å². The summed E-state index contributed by atoms with van der Waals surface area (Å²) in [4.78, 5) is 0. The highest BCUT2D eigenvalue weighted by Gasteiger charge is 2.23. The van der Waals surface area contributed by atoms with E-state index in [1.165, 1.54) is 0 Å². The van der Waals surface area contributed by atoms with Gasteiger partial charge < -0.3 is 5.73 Å². The summed E-state index contributed by atoms with van der Waals surface area (Å²) in [5, 5.41) is -0.313. The molecule has 0 radical (unpaired) electrons. The van der Waals surface area contributed by atoms with Crippen molar-refractivity contribution in [2.45, 2.75) is 37.7 Å². The molecular weight excluding hydrogens is 234 g/mol. The molecule has 2 N–H and O–H groups in total. The number of benzene rings is 1. The van der Waals surface area contributed by atoms with Gasteiger partial charge in [-0.15, -0.1) is 0 Å². The lowest BCUT2D eigenvalue weighted by atomic mass is 10.1. The number of rotatable bonds is 6. The molecule has 17 heavy (non-hydrogen) atoms. The van der Waals surface area contributed by atoms with Crippen molar-refractivity contribution in [2.24, 2.45) is 5.73 Å². The SMILES string of the molecule is CCC(CCN)S(=O)(=O)Cc1ccccc1C. The van der Waals surface area contributed by atoms with E-state index in [4.69, 9.17) is 5.73 Å². The first kappa shape index (κ1) is 14.2. The molecule has 0 aliphatic carbocycles. The molecule has 0 saturated heterocycles. The predicted octanol–water partition coefficient (Wildman–Crippen LogP) is 2.04. The van der Waals surface area contributed by atoms with Crippen molar-refractivity contribution >= 4 is 9.84 Å². The summed E-state index contributed by atoms with van der Waals surface area (Å²) >= 11 is 0. The maximum absolute atomic E-state index is 12.2. The van der Waals surface area contributed by atoms with Crippen LogP contribution < -0.4 is 5.73 Å². The van der Waals surface area contributed by atoms with E-state index >= 15 is 0 Å².